The van der Waals surface area contributed by atoms with Crippen molar-refractivity contribution in [1.29, 1.82) is 0 Å². The van der Waals surface area contributed by atoms with E-state index in [1.54, 1.807) is 7.11 Å². The third-order valence-electron chi connectivity index (χ3n) is 4.15. The van der Waals surface area contributed by atoms with Gasteiger partial charge in [-0.15, -0.1) is 0 Å². The van der Waals surface area contributed by atoms with E-state index < -0.39 is 9.84 Å². The van der Waals surface area contributed by atoms with Crippen LogP contribution in [0.1, 0.15) is 5.56 Å². The Bertz CT molecular complexity index is 793. The number of carbonyl (C=O) groups is 1. The minimum absolute atomic E-state index is 0.0894. The molecule has 0 bridgehead atoms. The predicted molar refractivity (Wildman–Crippen MR) is 96.7 cm³/mol. The molecule has 136 valence electrons. The number of methoxy groups -OCH3 is 2. The summed E-state index contributed by atoms with van der Waals surface area (Å²) in [6, 6.07) is 7.40. The van der Waals surface area contributed by atoms with E-state index >= 15 is 0 Å². The number of benzene rings is 1. The Morgan fingerprint density at radius 2 is 2.16 bits per heavy atom. The van der Waals surface area contributed by atoms with Crippen molar-refractivity contribution in [1.82, 2.24) is 4.90 Å². The molecule has 1 aromatic carbocycles. The molecule has 1 amide bonds. The molecule has 0 unspecified atom stereocenters. The fourth-order valence-electron chi connectivity index (χ4n) is 3.05. The van der Waals surface area contributed by atoms with Crippen molar-refractivity contribution >= 4 is 32.7 Å². The fourth-order valence-corrected chi connectivity index (χ4v) is 7.02. The number of sulfone groups is 1. The quantitative estimate of drug-likeness (QED) is 0.747. The van der Waals surface area contributed by atoms with E-state index in [0.29, 0.717) is 11.7 Å². The summed E-state index contributed by atoms with van der Waals surface area (Å²) in [6.45, 7) is 0.380. The van der Waals surface area contributed by atoms with Gasteiger partial charge in [-0.25, -0.2) is 8.42 Å². The summed E-state index contributed by atoms with van der Waals surface area (Å²) in [5.41, 5.74) is 0.969. The largest absolute Gasteiger partial charge is 0.497 e. The van der Waals surface area contributed by atoms with Crippen LogP contribution in [0.2, 0.25) is 0 Å². The highest BCUT2D eigenvalue weighted by atomic mass is 32.2. The van der Waals surface area contributed by atoms with Gasteiger partial charge in [0.15, 0.2) is 15.0 Å². The summed E-state index contributed by atoms with van der Waals surface area (Å²) >= 11 is 1.36. The molecule has 2 aliphatic heterocycles. The summed E-state index contributed by atoms with van der Waals surface area (Å²) < 4.78 is 34.0. The minimum Gasteiger partial charge on any atom is -0.497 e. The van der Waals surface area contributed by atoms with Crippen molar-refractivity contribution in [3.8, 4) is 5.75 Å². The number of thioether (sulfide) groups is 1. The Morgan fingerprint density at radius 3 is 2.88 bits per heavy atom. The first kappa shape index (κ1) is 18.2. The number of hydrogen-bond acceptors (Lipinski definition) is 6. The second kappa shape index (κ2) is 7.35. The molecule has 1 aromatic rings. The lowest BCUT2D eigenvalue weighted by atomic mass is 10.1. The normalized spacial score (nSPS) is 26.0. The van der Waals surface area contributed by atoms with Gasteiger partial charge >= 0.3 is 0 Å². The molecule has 0 saturated carbocycles. The van der Waals surface area contributed by atoms with Gasteiger partial charge in [0.05, 0.1) is 24.7 Å². The molecule has 2 fully saturated rings. The van der Waals surface area contributed by atoms with Crippen LogP contribution in [0.4, 0.5) is 0 Å². The van der Waals surface area contributed by atoms with Crippen LogP contribution >= 0.6 is 11.8 Å². The number of amidine groups is 1. The van der Waals surface area contributed by atoms with Crippen molar-refractivity contribution in [3.05, 3.63) is 29.8 Å². The zero-order chi connectivity index (χ0) is 18.0. The van der Waals surface area contributed by atoms with Crippen LogP contribution in [-0.4, -0.2) is 68.0 Å². The third kappa shape index (κ3) is 4.16. The van der Waals surface area contributed by atoms with E-state index in [1.807, 2.05) is 29.2 Å². The summed E-state index contributed by atoms with van der Waals surface area (Å²) in [6.07, 6.45) is 0. The Kier molecular flexibility index (Phi) is 5.35. The van der Waals surface area contributed by atoms with E-state index in [-0.39, 0.29) is 35.3 Å². The van der Waals surface area contributed by atoms with E-state index in [9.17, 15) is 13.2 Å². The SMILES string of the molecule is COCC(=O)N=C1S[C@H]2CS(=O)(=O)C[C@H]2N1Cc1cccc(OC)c1. The molecular formula is C16H20N2O5S2. The number of carbonyl (C=O) groups excluding carboxylic acids is 1. The molecule has 0 radical (unpaired) electrons. The van der Waals surface area contributed by atoms with Gasteiger partial charge in [-0.1, -0.05) is 23.9 Å². The molecule has 3 rings (SSSR count). The fraction of sp³-hybridized carbons (Fsp3) is 0.500. The van der Waals surface area contributed by atoms with Gasteiger partial charge < -0.3 is 14.4 Å². The first-order chi connectivity index (χ1) is 11.9. The molecule has 2 heterocycles. The molecular weight excluding hydrogens is 364 g/mol. The van der Waals surface area contributed by atoms with Crippen molar-refractivity contribution in [2.75, 3.05) is 32.3 Å². The zero-order valence-electron chi connectivity index (χ0n) is 14.0. The van der Waals surface area contributed by atoms with E-state index in [2.05, 4.69) is 4.99 Å². The van der Waals surface area contributed by atoms with Crippen molar-refractivity contribution in [3.63, 3.8) is 0 Å². The second-order valence-electron chi connectivity index (χ2n) is 6.00. The van der Waals surface area contributed by atoms with Crippen LogP contribution in [0.15, 0.2) is 29.3 Å². The van der Waals surface area contributed by atoms with E-state index in [4.69, 9.17) is 9.47 Å². The molecule has 0 N–H and O–H groups in total. The number of aliphatic imine (C=N–C) groups is 1. The molecule has 0 spiro atoms. The molecule has 25 heavy (non-hydrogen) atoms. The highest BCUT2D eigenvalue weighted by Gasteiger charge is 2.48. The van der Waals surface area contributed by atoms with Gasteiger partial charge in [-0.3, -0.25) is 4.79 Å². The summed E-state index contributed by atoms with van der Waals surface area (Å²) in [4.78, 5) is 17.9. The lowest BCUT2D eigenvalue weighted by molar-refractivity contribution is -0.121. The first-order valence-corrected chi connectivity index (χ1v) is 10.5. The van der Waals surface area contributed by atoms with Gasteiger partial charge in [0.1, 0.15) is 12.4 Å². The Morgan fingerprint density at radius 1 is 1.36 bits per heavy atom. The molecule has 0 aliphatic carbocycles. The monoisotopic (exact) mass is 384 g/mol. The van der Waals surface area contributed by atoms with Crippen molar-refractivity contribution in [2.45, 2.75) is 17.8 Å². The maximum Gasteiger partial charge on any atom is 0.274 e. The number of hydrogen-bond donors (Lipinski definition) is 0. The van der Waals surface area contributed by atoms with Crippen LogP contribution < -0.4 is 4.74 Å². The third-order valence-corrected chi connectivity index (χ3v) is 7.40. The molecule has 2 saturated heterocycles. The molecule has 7 nitrogen and oxygen atoms in total. The predicted octanol–water partition coefficient (Wildman–Crippen LogP) is 0.939. The number of amides is 1. The first-order valence-electron chi connectivity index (χ1n) is 7.79. The topological polar surface area (TPSA) is 85.3 Å². The van der Waals surface area contributed by atoms with Crippen molar-refractivity contribution in [2.24, 2.45) is 4.99 Å². The zero-order valence-corrected chi connectivity index (χ0v) is 15.7. The number of ether oxygens (including phenoxy) is 2. The molecule has 2 aliphatic rings. The van der Waals surface area contributed by atoms with E-state index in [1.165, 1.54) is 18.9 Å². The Balaban J connectivity index is 1.87. The van der Waals surface area contributed by atoms with Gasteiger partial charge in [0.2, 0.25) is 0 Å². The van der Waals surface area contributed by atoms with Crippen molar-refractivity contribution < 1.29 is 22.7 Å². The Labute approximate surface area is 151 Å². The lowest BCUT2D eigenvalue weighted by Gasteiger charge is -2.24. The summed E-state index contributed by atoms with van der Waals surface area (Å²) in [5, 5.41) is 0.472. The van der Waals surface area contributed by atoms with Crippen LogP contribution in [0.25, 0.3) is 0 Å². The Hall–Kier alpha value is -1.58. The van der Waals surface area contributed by atoms with Crippen LogP contribution in [0, 0.1) is 0 Å². The van der Waals surface area contributed by atoms with Gasteiger partial charge in [0, 0.05) is 18.9 Å². The molecule has 2 atom stereocenters. The lowest BCUT2D eigenvalue weighted by Crippen LogP contribution is -2.37. The molecule has 0 aromatic heterocycles. The minimum atomic E-state index is -3.06. The standard InChI is InChI=1S/C16H20N2O5S2/c1-22-8-15(19)17-16-18(7-11-4-3-5-12(6-11)23-2)13-9-25(20,21)10-14(13)24-16/h3-6,13-14H,7-10H2,1-2H3/t13-,14+/m1/s1. The highest BCUT2D eigenvalue weighted by molar-refractivity contribution is 8.15. The van der Waals surface area contributed by atoms with Gasteiger partial charge in [0.25, 0.3) is 5.91 Å². The number of fused-ring (bicyclic) bond motifs is 1. The van der Waals surface area contributed by atoms with Gasteiger partial charge in [-0.05, 0) is 17.7 Å². The summed E-state index contributed by atoms with van der Waals surface area (Å²) in [7, 11) is -0.0199. The smallest absolute Gasteiger partial charge is 0.274 e. The average molecular weight is 384 g/mol. The number of rotatable bonds is 5. The van der Waals surface area contributed by atoms with Crippen LogP contribution in [-0.2, 0) is 25.9 Å². The number of nitrogens with zero attached hydrogens (tertiary/aromatic N) is 2. The van der Waals surface area contributed by atoms with E-state index in [0.717, 1.165) is 11.3 Å². The molecule has 9 heteroatoms. The van der Waals surface area contributed by atoms with Crippen LogP contribution in [0.5, 0.6) is 5.75 Å². The maximum absolute atomic E-state index is 12.0. The summed E-state index contributed by atoms with van der Waals surface area (Å²) in [5.74, 6) is 0.568. The maximum atomic E-state index is 12.0. The highest BCUT2D eigenvalue weighted by Crippen LogP contribution is 2.39. The van der Waals surface area contributed by atoms with Crippen LogP contribution in [0.3, 0.4) is 0 Å². The average Bonchev–Trinajstić information content (AvgIpc) is 3.01. The van der Waals surface area contributed by atoms with Gasteiger partial charge in [-0.2, -0.15) is 4.99 Å². The second-order valence-corrected chi connectivity index (χ2v) is 9.36.